The Hall–Kier alpha value is -1.26. The van der Waals surface area contributed by atoms with Gasteiger partial charge in [-0.05, 0) is 64.7 Å². The minimum absolute atomic E-state index is 0.0775. The minimum atomic E-state index is -0.647. The van der Waals surface area contributed by atoms with Crippen molar-refractivity contribution in [3.05, 3.63) is 0 Å². The molecule has 0 aromatic carbocycles. The van der Waals surface area contributed by atoms with Gasteiger partial charge >= 0.3 is 12.1 Å². The Morgan fingerprint density at radius 3 is 2.00 bits per heavy atom. The van der Waals surface area contributed by atoms with E-state index in [1.807, 2.05) is 20.8 Å². The SMILES string of the molecule is CC(C)(C)OC(=O)NC[C@]12CC[C@](C(=O)O)(CC1)CC2. The van der Waals surface area contributed by atoms with E-state index in [9.17, 15) is 14.7 Å². The molecule has 114 valence electrons. The summed E-state index contributed by atoms with van der Waals surface area (Å²) in [4.78, 5) is 23.1. The molecule has 0 saturated heterocycles. The van der Waals surface area contributed by atoms with Crippen LogP contribution >= 0.6 is 0 Å². The summed E-state index contributed by atoms with van der Waals surface area (Å²) in [7, 11) is 0. The normalized spacial score (nSPS) is 32.8. The van der Waals surface area contributed by atoms with Crippen LogP contribution in [0.2, 0.25) is 0 Å². The number of nitrogens with one attached hydrogen (secondary N) is 1. The molecule has 3 saturated carbocycles. The van der Waals surface area contributed by atoms with Gasteiger partial charge in [0, 0.05) is 6.54 Å². The summed E-state index contributed by atoms with van der Waals surface area (Å²) in [5, 5.41) is 12.2. The van der Waals surface area contributed by atoms with Gasteiger partial charge in [-0.3, -0.25) is 4.79 Å². The highest BCUT2D eigenvalue weighted by atomic mass is 16.6. The topological polar surface area (TPSA) is 75.6 Å². The Labute approximate surface area is 120 Å². The molecule has 3 rings (SSSR count). The molecule has 0 spiro atoms. The molecule has 0 radical (unpaired) electrons. The standard InChI is InChI=1S/C15H25NO4/c1-13(2,3)20-12(19)16-10-14-4-7-15(8-5-14,9-6-14)11(17)18/h4-10H2,1-3H3,(H,16,19)(H,17,18)/t14-,15+. The third kappa shape index (κ3) is 3.07. The molecule has 3 aliphatic rings. The van der Waals surface area contributed by atoms with Crippen LogP contribution in [0, 0.1) is 10.8 Å². The second-order valence-corrected chi connectivity index (χ2v) is 7.44. The van der Waals surface area contributed by atoms with Gasteiger partial charge in [-0.1, -0.05) is 0 Å². The van der Waals surface area contributed by atoms with Gasteiger partial charge in [-0.25, -0.2) is 4.79 Å². The first-order chi connectivity index (χ1) is 9.17. The van der Waals surface area contributed by atoms with E-state index in [1.165, 1.54) is 0 Å². The van der Waals surface area contributed by atoms with Crippen molar-refractivity contribution in [2.75, 3.05) is 6.54 Å². The van der Waals surface area contributed by atoms with Crippen molar-refractivity contribution in [2.24, 2.45) is 10.8 Å². The summed E-state index contributed by atoms with van der Waals surface area (Å²) < 4.78 is 5.24. The van der Waals surface area contributed by atoms with Crippen LogP contribution in [0.15, 0.2) is 0 Å². The molecule has 2 bridgehead atoms. The molecule has 0 aliphatic heterocycles. The molecule has 5 nitrogen and oxygen atoms in total. The summed E-state index contributed by atoms with van der Waals surface area (Å²) >= 11 is 0. The fourth-order valence-corrected chi connectivity index (χ4v) is 3.42. The molecule has 5 heteroatoms. The van der Waals surface area contributed by atoms with Crippen LogP contribution in [-0.2, 0) is 9.53 Å². The van der Waals surface area contributed by atoms with E-state index in [4.69, 9.17) is 4.74 Å². The van der Waals surface area contributed by atoms with Crippen molar-refractivity contribution in [3.63, 3.8) is 0 Å². The maximum atomic E-state index is 11.7. The van der Waals surface area contributed by atoms with Crippen molar-refractivity contribution < 1.29 is 19.4 Å². The van der Waals surface area contributed by atoms with Gasteiger partial charge in [0.1, 0.15) is 5.60 Å². The van der Waals surface area contributed by atoms with E-state index in [2.05, 4.69) is 5.32 Å². The van der Waals surface area contributed by atoms with E-state index in [1.54, 1.807) is 0 Å². The highest BCUT2D eigenvalue weighted by Gasteiger charge is 2.52. The van der Waals surface area contributed by atoms with Gasteiger partial charge < -0.3 is 15.2 Å². The molecule has 0 atom stereocenters. The summed E-state index contributed by atoms with van der Waals surface area (Å²) in [5.74, 6) is -0.647. The lowest BCUT2D eigenvalue weighted by Crippen LogP contribution is -2.50. The Bertz CT molecular complexity index is 386. The molecule has 0 unspecified atom stereocenters. The first-order valence-corrected chi connectivity index (χ1v) is 7.37. The molecule has 0 aromatic rings. The zero-order valence-electron chi connectivity index (χ0n) is 12.6. The smallest absolute Gasteiger partial charge is 0.407 e. The molecule has 1 amide bonds. The third-order valence-corrected chi connectivity index (χ3v) is 4.86. The number of ether oxygens (including phenoxy) is 1. The lowest BCUT2D eigenvalue weighted by molar-refractivity contribution is -0.158. The first-order valence-electron chi connectivity index (χ1n) is 7.37. The highest BCUT2D eigenvalue weighted by molar-refractivity contribution is 5.75. The van der Waals surface area contributed by atoms with Crippen LogP contribution in [0.25, 0.3) is 0 Å². The zero-order chi connectivity index (χ0) is 15.0. The average molecular weight is 283 g/mol. The van der Waals surface area contributed by atoms with E-state index >= 15 is 0 Å². The average Bonchev–Trinajstić information content (AvgIpc) is 2.37. The number of aliphatic carboxylic acids is 1. The van der Waals surface area contributed by atoms with Crippen molar-refractivity contribution in [2.45, 2.75) is 64.9 Å². The highest BCUT2D eigenvalue weighted by Crippen LogP contribution is 2.56. The number of hydrogen-bond donors (Lipinski definition) is 2. The quantitative estimate of drug-likeness (QED) is 0.835. The van der Waals surface area contributed by atoms with Crippen LogP contribution in [0.4, 0.5) is 4.79 Å². The molecular weight excluding hydrogens is 258 g/mol. The molecular formula is C15H25NO4. The number of fused-ring (bicyclic) bond motifs is 3. The number of hydrogen-bond acceptors (Lipinski definition) is 3. The van der Waals surface area contributed by atoms with Crippen LogP contribution in [0.3, 0.4) is 0 Å². The van der Waals surface area contributed by atoms with Crippen LogP contribution in [0.5, 0.6) is 0 Å². The third-order valence-electron chi connectivity index (χ3n) is 4.86. The Kier molecular flexibility index (Phi) is 3.73. The summed E-state index contributed by atoms with van der Waals surface area (Å²) in [5.41, 5.74) is -0.902. The van der Waals surface area contributed by atoms with E-state index in [0.29, 0.717) is 6.54 Å². The number of rotatable bonds is 3. The lowest BCUT2D eigenvalue weighted by Gasteiger charge is -2.51. The second-order valence-electron chi connectivity index (χ2n) is 7.44. The van der Waals surface area contributed by atoms with Crippen molar-refractivity contribution in [1.82, 2.24) is 5.32 Å². The van der Waals surface area contributed by atoms with Crippen molar-refractivity contribution >= 4 is 12.1 Å². The van der Waals surface area contributed by atoms with Gasteiger partial charge in [0.25, 0.3) is 0 Å². The Balaban J connectivity index is 1.87. The number of carbonyl (C=O) groups excluding carboxylic acids is 1. The van der Waals surface area contributed by atoms with Gasteiger partial charge in [0.2, 0.25) is 0 Å². The lowest BCUT2D eigenvalue weighted by atomic mass is 9.54. The number of carbonyl (C=O) groups is 2. The maximum Gasteiger partial charge on any atom is 0.407 e. The maximum absolute atomic E-state index is 11.7. The predicted molar refractivity (Wildman–Crippen MR) is 74.4 cm³/mol. The van der Waals surface area contributed by atoms with Crippen LogP contribution in [0.1, 0.15) is 59.3 Å². The van der Waals surface area contributed by atoms with E-state index in [-0.39, 0.29) is 11.5 Å². The van der Waals surface area contributed by atoms with Gasteiger partial charge in [0.15, 0.2) is 0 Å². The largest absolute Gasteiger partial charge is 0.481 e. The van der Waals surface area contributed by atoms with Gasteiger partial charge in [0.05, 0.1) is 5.41 Å². The van der Waals surface area contributed by atoms with Crippen molar-refractivity contribution in [1.29, 1.82) is 0 Å². The Morgan fingerprint density at radius 2 is 1.60 bits per heavy atom. The minimum Gasteiger partial charge on any atom is -0.481 e. The monoisotopic (exact) mass is 283 g/mol. The summed E-state index contributed by atoms with van der Waals surface area (Å²) in [6.07, 6.45) is 4.47. The van der Waals surface area contributed by atoms with E-state index < -0.39 is 17.0 Å². The summed E-state index contributed by atoms with van der Waals surface area (Å²) in [6, 6.07) is 0. The molecule has 2 N–H and O–H groups in total. The number of alkyl carbamates (subject to hydrolysis) is 1. The van der Waals surface area contributed by atoms with Gasteiger partial charge in [-0.2, -0.15) is 0 Å². The van der Waals surface area contributed by atoms with Crippen LogP contribution in [-0.4, -0.2) is 29.3 Å². The molecule has 3 fully saturated rings. The van der Waals surface area contributed by atoms with Crippen molar-refractivity contribution in [3.8, 4) is 0 Å². The first kappa shape index (κ1) is 15.1. The van der Waals surface area contributed by atoms with Gasteiger partial charge in [-0.15, -0.1) is 0 Å². The molecule has 0 aromatic heterocycles. The summed E-state index contributed by atoms with van der Waals surface area (Å²) in [6.45, 7) is 6.12. The molecule has 0 heterocycles. The Morgan fingerprint density at radius 1 is 1.10 bits per heavy atom. The number of carboxylic acids is 1. The zero-order valence-corrected chi connectivity index (χ0v) is 12.6. The fraction of sp³-hybridized carbons (Fsp3) is 0.867. The number of amides is 1. The predicted octanol–water partition coefficient (Wildman–Crippen LogP) is 2.94. The fourth-order valence-electron chi connectivity index (χ4n) is 3.42. The molecule has 20 heavy (non-hydrogen) atoms. The molecule has 3 aliphatic carbocycles. The van der Waals surface area contributed by atoms with Crippen LogP contribution < -0.4 is 5.32 Å². The van der Waals surface area contributed by atoms with E-state index in [0.717, 1.165) is 38.5 Å². The second kappa shape index (κ2) is 4.93. The number of carboxylic acid groups (broad SMARTS) is 1.